The van der Waals surface area contributed by atoms with Gasteiger partial charge in [0.15, 0.2) is 5.96 Å². The van der Waals surface area contributed by atoms with Crippen LogP contribution in [0, 0.1) is 5.92 Å². The molecule has 0 spiro atoms. The van der Waals surface area contributed by atoms with Gasteiger partial charge in [-0.1, -0.05) is 26.7 Å². The van der Waals surface area contributed by atoms with E-state index in [9.17, 15) is 0 Å². The lowest BCUT2D eigenvalue weighted by molar-refractivity contribution is 0.00394. The van der Waals surface area contributed by atoms with Gasteiger partial charge < -0.3 is 24.8 Å². The van der Waals surface area contributed by atoms with E-state index in [-0.39, 0.29) is 30.1 Å². The molecule has 2 aliphatic rings. The van der Waals surface area contributed by atoms with E-state index >= 15 is 0 Å². The van der Waals surface area contributed by atoms with Crippen molar-refractivity contribution in [2.75, 3.05) is 65.8 Å². The van der Waals surface area contributed by atoms with Crippen molar-refractivity contribution in [2.24, 2.45) is 10.9 Å². The van der Waals surface area contributed by atoms with Crippen molar-refractivity contribution < 1.29 is 14.2 Å². The average Bonchev–Trinajstić information content (AvgIpc) is 3.25. The van der Waals surface area contributed by atoms with E-state index in [1.807, 2.05) is 0 Å². The zero-order chi connectivity index (χ0) is 20.0. The van der Waals surface area contributed by atoms with Crippen molar-refractivity contribution in [3.8, 4) is 0 Å². The number of hydrogen-bond donors (Lipinski definition) is 2. The molecule has 0 amide bonds. The highest BCUT2D eigenvalue weighted by molar-refractivity contribution is 14.0. The first-order chi connectivity index (χ1) is 13.8. The summed E-state index contributed by atoms with van der Waals surface area (Å²) in [6.07, 6.45) is 4.95. The van der Waals surface area contributed by atoms with Crippen LogP contribution in [-0.2, 0) is 14.2 Å². The highest BCUT2D eigenvalue weighted by Crippen LogP contribution is 2.20. The minimum Gasteiger partial charge on any atom is -0.379 e. The second-order valence-corrected chi connectivity index (χ2v) is 7.65. The molecule has 2 unspecified atom stereocenters. The standard InChI is InChI=1S/C21H42N4O3.HI/c1-4-18(5-2)20(25-10-14-26-15-11-25)16-24-21(22-6-3)23-9-13-27-17-19-8-7-12-28-19;/h18-20H,4-17H2,1-3H3,(H2,22,23,24);1H. The molecular weight excluding hydrogens is 483 g/mol. The Bertz CT molecular complexity index is 426. The van der Waals surface area contributed by atoms with Crippen molar-refractivity contribution in [2.45, 2.75) is 58.6 Å². The molecule has 0 aromatic carbocycles. The summed E-state index contributed by atoms with van der Waals surface area (Å²) >= 11 is 0. The molecule has 29 heavy (non-hydrogen) atoms. The van der Waals surface area contributed by atoms with E-state index in [0.29, 0.717) is 25.2 Å². The maximum absolute atomic E-state index is 5.75. The predicted molar refractivity (Wildman–Crippen MR) is 129 cm³/mol. The molecule has 0 aromatic rings. The molecule has 172 valence electrons. The van der Waals surface area contributed by atoms with Crippen LogP contribution in [0.15, 0.2) is 4.99 Å². The van der Waals surface area contributed by atoms with Gasteiger partial charge >= 0.3 is 0 Å². The summed E-state index contributed by atoms with van der Waals surface area (Å²) in [6.45, 7) is 15.1. The number of nitrogens with one attached hydrogen (secondary N) is 2. The summed E-state index contributed by atoms with van der Waals surface area (Å²) in [6, 6.07) is 0.477. The molecule has 7 nitrogen and oxygen atoms in total. The Kier molecular flexibility index (Phi) is 15.3. The molecule has 2 saturated heterocycles. The number of rotatable bonds is 12. The monoisotopic (exact) mass is 526 g/mol. The number of morpholine rings is 1. The van der Waals surface area contributed by atoms with Crippen LogP contribution in [0.2, 0.25) is 0 Å². The van der Waals surface area contributed by atoms with E-state index in [0.717, 1.165) is 71.3 Å². The molecule has 2 atom stereocenters. The van der Waals surface area contributed by atoms with Gasteiger partial charge in [0.05, 0.1) is 39.1 Å². The largest absolute Gasteiger partial charge is 0.379 e. The second-order valence-electron chi connectivity index (χ2n) is 7.65. The van der Waals surface area contributed by atoms with E-state index in [2.05, 4.69) is 36.3 Å². The third-order valence-electron chi connectivity index (χ3n) is 5.75. The minimum atomic E-state index is 0. The van der Waals surface area contributed by atoms with Gasteiger partial charge in [0, 0.05) is 38.8 Å². The quantitative estimate of drug-likeness (QED) is 0.176. The Morgan fingerprint density at radius 3 is 2.52 bits per heavy atom. The zero-order valence-corrected chi connectivity index (χ0v) is 21.0. The van der Waals surface area contributed by atoms with Gasteiger partial charge in [-0.15, -0.1) is 24.0 Å². The highest BCUT2D eigenvalue weighted by Gasteiger charge is 2.26. The van der Waals surface area contributed by atoms with Crippen LogP contribution in [0.5, 0.6) is 0 Å². The molecule has 8 heteroatoms. The van der Waals surface area contributed by atoms with Crippen LogP contribution >= 0.6 is 24.0 Å². The average molecular weight is 527 g/mol. The zero-order valence-electron chi connectivity index (χ0n) is 18.7. The smallest absolute Gasteiger partial charge is 0.191 e. The molecule has 2 aliphatic heterocycles. The van der Waals surface area contributed by atoms with Gasteiger partial charge in [-0.25, -0.2) is 0 Å². The lowest BCUT2D eigenvalue weighted by Crippen LogP contribution is -2.49. The van der Waals surface area contributed by atoms with Gasteiger partial charge in [0.1, 0.15) is 0 Å². The first kappa shape index (κ1) is 26.9. The number of aliphatic imine (C=N–C) groups is 1. The van der Waals surface area contributed by atoms with E-state index in [1.165, 1.54) is 12.8 Å². The Labute approximate surface area is 194 Å². The summed E-state index contributed by atoms with van der Waals surface area (Å²) in [5.74, 6) is 1.55. The Hall–Kier alpha value is -0.160. The third kappa shape index (κ3) is 10.1. The minimum absolute atomic E-state index is 0. The fourth-order valence-electron chi connectivity index (χ4n) is 4.06. The van der Waals surface area contributed by atoms with Crippen LogP contribution in [0.3, 0.4) is 0 Å². The normalized spacial score (nSPS) is 21.8. The lowest BCUT2D eigenvalue weighted by atomic mass is 9.92. The molecular formula is C21H43IN4O3. The first-order valence-electron chi connectivity index (χ1n) is 11.3. The van der Waals surface area contributed by atoms with Crippen molar-refractivity contribution >= 4 is 29.9 Å². The van der Waals surface area contributed by atoms with E-state index < -0.39 is 0 Å². The van der Waals surface area contributed by atoms with E-state index in [4.69, 9.17) is 19.2 Å². The molecule has 2 rings (SSSR count). The van der Waals surface area contributed by atoms with Gasteiger partial charge in [-0.05, 0) is 25.7 Å². The number of guanidine groups is 1. The van der Waals surface area contributed by atoms with E-state index in [1.54, 1.807) is 0 Å². The third-order valence-corrected chi connectivity index (χ3v) is 5.75. The first-order valence-corrected chi connectivity index (χ1v) is 11.3. The Morgan fingerprint density at radius 1 is 1.14 bits per heavy atom. The second kappa shape index (κ2) is 16.5. The number of hydrogen-bond acceptors (Lipinski definition) is 5. The van der Waals surface area contributed by atoms with Crippen molar-refractivity contribution in [1.82, 2.24) is 15.5 Å². The summed E-state index contributed by atoms with van der Waals surface area (Å²) in [4.78, 5) is 7.48. The van der Waals surface area contributed by atoms with Gasteiger partial charge in [-0.2, -0.15) is 0 Å². The molecule has 0 aromatic heterocycles. The van der Waals surface area contributed by atoms with Crippen LogP contribution in [-0.4, -0.2) is 88.8 Å². The Balaban J connectivity index is 0.00000420. The molecule has 2 N–H and O–H groups in total. The van der Waals surface area contributed by atoms with Gasteiger partial charge in [-0.3, -0.25) is 9.89 Å². The van der Waals surface area contributed by atoms with Crippen LogP contribution in [0.4, 0.5) is 0 Å². The molecule has 2 heterocycles. The van der Waals surface area contributed by atoms with Crippen molar-refractivity contribution in [3.63, 3.8) is 0 Å². The Morgan fingerprint density at radius 2 is 1.90 bits per heavy atom. The summed E-state index contributed by atoms with van der Waals surface area (Å²) in [7, 11) is 0. The molecule has 0 aliphatic carbocycles. The van der Waals surface area contributed by atoms with Crippen LogP contribution in [0.25, 0.3) is 0 Å². The summed E-state index contributed by atoms with van der Waals surface area (Å²) in [5.41, 5.74) is 0. The van der Waals surface area contributed by atoms with Crippen LogP contribution < -0.4 is 10.6 Å². The fourth-order valence-corrected chi connectivity index (χ4v) is 4.06. The van der Waals surface area contributed by atoms with Gasteiger partial charge in [0.2, 0.25) is 0 Å². The molecule has 0 bridgehead atoms. The molecule has 2 fully saturated rings. The van der Waals surface area contributed by atoms with Crippen LogP contribution in [0.1, 0.15) is 46.5 Å². The number of ether oxygens (including phenoxy) is 3. The highest BCUT2D eigenvalue weighted by atomic mass is 127. The topological polar surface area (TPSA) is 67.4 Å². The predicted octanol–water partition coefficient (Wildman–Crippen LogP) is 2.49. The molecule has 0 saturated carbocycles. The maximum Gasteiger partial charge on any atom is 0.191 e. The molecule has 0 radical (unpaired) electrons. The maximum atomic E-state index is 5.75. The van der Waals surface area contributed by atoms with Crippen molar-refractivity contribution in [1.29, 1.82) is 0 Å². The number of halogens is 1. The van der Waals surface area contributed by atoms with Crippen molar-refractivity contribution in [3.05, 3.63) is 0 Å². The number of nitrogens with zero attached hydrogens (tertiary/aromatic N) is 2. The summed E-state index contributed by atoms with van der Waals surface area (Å²) in [5, 5.41) is 6.77. The fraction of sp³-hybridized carbons (Fsp3) is 0.952. The van der Waals surface area contributed by atoms with Gasteiger partial charge in [0.25, 0.3) is 0 Å². The SMILES string of the molecule is CCNC(=NCC(C(CC)CC)N1CCOCC1)NCCOCC1CCCO1.I. The lowest BCUT2D eigenvalue weighted by Gasteiger charge is -2.38. The summed E-state index contributed by atoms with van der Waals surface area (Å²) < 4.78 is 16.9.